The molecule has 1 nitrogen and oxygen atoms in total. The quantitative estimate of drug-likeness (QED) is 0.717. The zero-order valence-corrected chi connectivity index (χ0v) is 8.30. The molecule has 2 unspecified atom stereocenters. The zero-order chi connectivity index (χ0) is 9.68. The molecule has 0 aliphatic heterocycles. The lowest BCUT2D eigenvalue weighted by Crippen LogP contribution is -2.19. The maximum absolute atomic E-state index is 13.4. The van der Waals surface area contributed by atoms with Gasteiger partial charge >= 0.3 is 0 Å². The van der Waals surface area contributed by atoms with Crippen LogP contribution in [0.3, 0.4) is 0 Å². The van der Waals surface area contributed by atoms with Crippen LogP contribution in [0.4, 0.5) is 4.39 Å². The van der Waals surface area contributed by atoms with Crippen molar-refractivity contribution in [3.8, 4) is 0 Å². The number of hydrogen-bond donors (Lipinski definition) is 1. The Morgan fingerprint density at radius 3 is 2.92 bits per heavy atom. The molecule has 1 saturated carbocycles. The zero-order valence-electron chi connectivity index (χ0n) is 8.30. The summed E-state index contributed by atoms with van der Waals surface area (Å²) < 4.78 is 13.4. The molecular formula is C11H19FO. The molecule has 2 atom stereocenters. The van der Waals surface area contributed by atoms with E-state index in [2.05, 4.69) is 0 Å². The standard InChI is InChI=1S/C11H19FO/c1-2-3-7-11(12)9-5-4-6-10(13)8-9/h7,9-10,13H,2-6,8H2,1H3/b11-7+. The normalized spacial score (nSPS) is 30.5. The van der Waals surface area contributed by atoms with Gasteiger partial charge in [0.2, 0.25) is 0 Å². The van der Waals surface area contributed by atoms with Crippen molar-refractivity contribution in [2.24, 2.45) is 5.92 Å². The lowest BCUT2D eigenvalue weighted by atomic mass is 9.86. The highest BCUT2D eigenvalue weighted by Crippen LogP contribution is 2.30. The largest absolute Gasteiger partial charge is 0.393 e. The highest BCUT2D eigenvalue weighted by molar-refractivity contribution is 4.99. The van der Waals surface area contributed by atoms with Gasteiger partial charge in [-0.2, -0.15) is 0 Å². The van der Waals surface area contributed by atoms with Gasteiger partial charge in [0.25, 0.3) is 0 Å². The second kappa shape index (κ2) is 5.38. The second-order valence-electron chi connectivity index (χ2n) is 3.90. The molecule has 1 fully saturated rings. The van der Waals surface area contributed by atoms with E-state index in [0.29, 0.717) is 6.42 Å². The van der Waals surface area contributed by atoms with Crippen molar-refractivity contribution >= 4 is 0 Å². The first-order valence-electron chi connectivity index (χ1n) is 5.27. The Morgan fingerprint density at radius 1 is 1.54 bits per heavy atom. The van der Waals surface area contributed by atoms with E-state index in [-0.39, 0.29) is 17.8 Å². The van der Waals surface area contributed by atoms with Gasteiger partial charge in [-0.1, -0.05) is 25.8 Å². The minimum absolute atomic E-state index is 0.000556. The van der Waals surface area contributed by atoms with Gasteiger partial charge in [0.1, 0.15) is 0 Å². The van der Waals surface area contributed by atoms with Crippen LogP contribution in [0.2, 0.25) is 0 Å². The molecule has 13 heavy (non-hydrogen) atoms. The molecule has 2 heteroatoms. The Hall–Kier alpha value is -0.370. The fourth-order valence-corrected chi connectivity index (χ4v) is 1.86. The van der Waals surface area contributed by atoms with Crippen molar-refractivity contribution in [3.63, 3.8) is 0 Å². The van der Waals surface area contributed by atoms with Crippen LogP contribution in [0.1, 0.15) is 45.4 Å². The summed E-state index contributed by atoms with van der Waals surface area (Å²) >= 11 is 0. The number of aliphatic hydroxyl groups excluding tert-OH is 1. The third-order valence-corrected chi connectivity index (χ3v) is 2.66. The molecule has 1 aliphatic rings. The van der Waals surface area contributed by atoms with E-state index in [9.17, 15) is 9.50 Å². The van der Waals surface area contributed by atoms with Gasteiger partial charge in [0.05, 0.1) is 11.9 Å². The molecule has 1 N–H and O–H groups in total. The van der Waals surface area contributed by atoms with Crippen molar-refractivity contribution in [2.45, 2.75) is 51.6 Å². The van der Waals surface area contributed by atoms with Gasteiger partial charge in [-0.3, -0.25) is 0 Å². The van der Waals surface area contributed by atoms with E-state index in [1.54, 1.807) is 6.08 Å². The Morgan fingerprint density at radius 2 is 2.31 bits per heavy atom. The lowest BCUT2D eigenvalue weighted by molar-refractivity contribution is 0.104. The van der Waals surface area contributed by atoms with Crippen LogP contribution in [0, 0.1) is 5.92 Å². The van der Waals surface area contributed by atoms with E-state index < -0.39 is 0 Å². The van der Waals surface area contributed by atoms with E-state index >= 15 is 0 Å². The molecule has 1 rings (SSSR count). The molecule has 0 radical (unpaired) electrons. The highest BCUT2D eigenvalue weighted by Gasteiger charge is 2.22. The van der Waals surface area contributed by atoms with E-state index in [1.807, 2.05) is 6.92 Å². The van der Waals surface area contributed by atoms with Crippen LogP contribution in [0.15, 0.2) is 11.9 Å². The minimum atomic E-state index is -0.278. The van der Waals surface area contributed by atoms with Gasteiger partial charge in [0, 0.05) is 5.92 Å². The highest BCUT2D eigenvalue weighted by atomic mass is 19.1. The Labute approximate surface area is 79.7 Å². The summed E-state index contributed by atoms with van der Waals surface area (Å²) in [5.74, 6) is -0.00380. The van der Waals surface area contributed by atoms with E-state index in [4.69, 9.17) is 0 Å². The van der Waals surface area contributed by atoms with Crippen LogP contribution >= 0.6 is 0 Å². The first kappa shape index (κ1) is 10.7. The van der Waals surface area contributed by atoms with Crippen LogP contribution in [0.25, 0.3) is 0 Å². The predicted octanol–water partition coefficient (Wildman–Crippen LogP) is 3.19. The third kappa shape index (κ3) is 3.47. The molecule has 76 valence electrons. The van der Waals surface area contributed by atoms with Crippen LogP contribution < -0.4 is 0 Å². The molecule has 0 bridgehead atoms. The number of aliphatic hydroxyl groups is 1. The summed E-state index contributed by atoms with van der Waals surface area (Å²) in [6.45, 7) is 2.04. The number of unbranched alkanes of at least 4 members (excludes halogenated alkanes) is 1. The Bertz CT molecular complexity index is 177. The summed E-state index contributed by atoms with van der Waals surface area (Å²) in [4.78, 5) is 0. The fourth-order valence-electron chi connectivity index (χ4n) is 1.86. The molecule has 0 aromatic heterocycles. The molecule has 0 spiro atoms. The van der Waals surface area contributed by atoms with Crippen LogP contribution in [-0.2, 0) is 0 Å². The summed E-state index contributed by atoms with van der Waals surface area (Å²) in [6.07, 6.45) is 6.54. The average Bonchev–Trinajstić information content (AvgIpc) is 2.14. The monoisotopic (exact) mass is 186 g/mol. The van der Waals surface area contributed by atoms with Crippen molar-refractivity contribution in [1.82, 2.24) is 0 Å². The first-order chi connectivity index (χ1) is 6.24. The van der Waals surface area contributed by atoms with Gasteiger partial charge in [-0.25, -0.2) is 4.39 Å². The molecule has 0 saturated heterocycles. The molecule has 0 heterocycles. The molecule has 0 amide bonds. The summed E-state index contributed by atoms with van der Waals surface area (Å²) in [5, 5.41) is 9.36. The summed E-state index contributed by atoms with van der Waals surface area (Å²) in [5.41, 5.74) is 0. The second-order valence-corrected chi connectivity index (χ2v) is 3.90. The van der Waals surface area contributed by atoms with E-state index in [0.717, 1.165) is 32.1 Å². The SMILES string of the molecule is CCC/C=C(/F)C1CCCC(O)C1. The van der Waals surface area contributed by atoms with E-state index in [1.165, 1.54) is 0 Å². The minimum Gasteiger partial charge on any atom is -0.393 e. The first-order valence-corrected chi connectivity index (χ1v) is 5.27. The fraction of sp³-hybridized carbons (Fsp3) is 0.818. The third-order valence-electron chi connectivity index (χ3n) is 2.66. The van der Waals surface area contributed by atoms with Crippen molar-refractivity contribution in [2.75, 3.05) is 0 Å². The maximum atomic E-state index is 13.4. The number of hydrogen-bond acceptors (Lipinski definition) is 1. The van der Waals surface area contributed by atoms with Gasteiger partial charge in [0.15, 0.2) is 0 Å². The van der Waals surface area contributed by atoms with Crippen LogP contribution in [-0.4, -0.2) is 11.2 Å². The number of halogens is 1. The van der Waals surface area contributed by atoms with Crippen molar-refractivity contribution in [3.05, 3.63) is 11.9 Å². The molecule has 0 aromatic carbocycles. The summed E-state index contributed by atoms with van der Waals surface area (Å²) in [7, 11) is 0. The smallest absolute Gasteiger partial charge is 0.0991 e. The van der Waals surface area contributed by atoms with Gasteiger partial charge in [-0.05, 0) is 25.7 Å². The maximum Gasteiger partial charge on any atom is 0.0991 e. The van der Waals surface area contributed by atoms with Crippen molar-refractivity contribution in [1.29, 1.82) is 0 Å². The molecular weight excluding hydrogens is 167 g/mol. The molecule has 0 aromatic rings. The van der Waals surface area contributed by atoms with Crippen molar-refractivity contribution < 1.29 is 9.50 Å². The Kier molecular flexibility index (Phi) is 4.43. The summed E-state index contributed by atoms with van der Waals surface area (Å²) in [6, 6.07) is 0. The molecule has 1 aliphatic carbocycles. The van der Waals surface area contributed by atoms with Gasteiger partial charge < -0.3 is 5.11 Å². The van der Waals surface area contributed by atoms with Crippen LogP contribution in [0.5, 0.6) is 0 Å². The average molecular weight is 186 g/mol. The lowest BCUT2D eigenvalue weighted by Gasteiger charge is -2.24. The van der Waals surface area contributed by atoms with Gasteiger partial charge in [-0.15, -0.1) is 0 Å². The number of allylic oxidation sites excluding steroid dienone is 2. The predicted molar refractivity (Wildman–Crippen MR) is 52.1 cm³/mol. The number of rotatable bonds is 3. The topological polar surface area (TPSA) is 20.2 Å². The Balaban J connectivity index is 2.40.